The van der Waals surface area contributed by atoms with Crippen molar-refractivity contribution in [2.75, 3.05) is 13.2 Å². The molecule has 0 aliphatic rings. The van der Waals surface area contributed by atoms with Gasteiger partial charge in [-0.3, -0.25) is 14.4 Å². The predicted octanol–water partition coefficient (Wildman–Crippen LogP) is 1.96. The van der Waals surface area contributed by atoms with E-state index in [2.05, 4.69) is 11.7 Å². The normalized spacial score (nSPS) is 11.2. The molecule has 0 aliphatic heterocycles. The van der Waals surface area contributed by atoms with Gasteiger partial charge in [0.2, 0.25) is 0 Å². The first-order valence-corrected chi connectivity index (χ1v) is 8.71. The van der Waals surface area contributed by atoms with Crippen molar-refractivity contribution < 1.29 is 39.5 Å². The number of carbonyl (C=O) groups excluding carboxylic acids is 1. The zero-order valence-electron chi connectivity index (χ0n) is 15.0. The quantitative estimate of drug-likeness (QED) is 0.271. The van der Waals surface area contributed by atoms with Gasteiger partial charge in [0.05, 0.1) is 19.4 Å². The van der Waals surface area contributed by atoms with Crippen LogP contribution in [0, 0.1) is 0 Å². The van der Waals surface area contributed by atoms with Gasteiger partial charge in [-0.05, 0) is 6.42 Å². The summed E-state index contributed by atoms with van der Waals surface area (Å²) in [4.78, 5) is 30.8. The van der Waals surface area contributed by atoms with E-state index in [0.29, 0.717) is 6.42 Å². The van der Waals surface area contributed by atoms with E-state index >= 15 is 0 Å². The first kappa shape index (κ1) is 25.6. The van der Waals surface area contributed by atoms with Gasteiger partial charge in [-0.1, -0.05) is 45.4 Å². The van der Waals surface area contributed by atoms with Gasteiger partial charge in [0.15, 0.2) is 0 Å². The van der Waals surface area contributed by atoms with Crippen molar-refractivity contribution in [1.82, 2.24) is 0 Å². The van der Waals surface area contributed by atoms with Crippen LogP contribution in [-0.4, -0.2) is 57.7 Å². The molecule has 0 fully saturated rings. The molecule has 0 aliphatic carbocycles. The largest absolute Gasteiger partial charge is 0.481 e. The van der Waals surface area contributed by atoms with E-state index < -0.39 is 30.6 Å². The second kappa shape index (κ2) is 18.7. The number of esters is 1. The van der Waals surface area contributed by atoms with E-state index in [-0.39, 0.29) is 19.4 Å². The molecule has 1 atom stereocenters. The molecule has 0 amide bonds. The minimum absolute atomic E-state index is 0.229. The molecular formula is C17H32O8. The molecule has 4 N–H and O–H groups in total. The molecule has 0 bridgehead atoms. The van der Waals surface area contributed by atoms with Crippen LogP contribution in [0.15, 0.2) is 0 Å². The number of carbonyl (C=O) groups is 3. The third kappa shape index (κ3) is 24.7. The van der Waals surface area contributed by atoms with Crippen LogP contribution in [0.25, 0.3) is 0 Å². The van der Waals surface area contributed by atoms with Gasteiger partial charge in [-0.25, -0.2) is 0 Å². The SMILES string of the molecule is CCCCCCCCCC(=O)O.O=C(O)CCC(=O)OCC(O)CO. The summed E-state index contributed by atoms with van der Waals surface area (Å²) in [5.41, 5.74) is 0. The molecule has 0 saturated heterocycles. The number of aliphatic carboxylic acids is 2. The van der Waals surface area contributed by atoms with E-state index in [1.165, 1.54) is 32.1 Å². The summed E-state index contributed by atoms with van der Waals surface area (Å²) in [6, 6.07) is 0. The zero-order chi connectivity index (χ0) is 19.5. The van der Waals surface area contributed by atoms with Gasteiger partial charge in [0, 0.05) is 6.42 Å². The van der Waals surface area contributed by atoms with Crippen molar-refractivity contribution in [3.8, 4) is 0 Å². The maximum absolute atomic E-state index is 10.7. The van der Waals surface area contributed by atoms with Crippen LogP contribution in [0.4, 0.5) is 0 Å². The lowest BCUT2D eigenvalue weighted by Gasteiger charge is -2.07. The predicted molar refractivity (Wildman–Crippen MR) is 91.2 cm³/mol. The van der Waals surface area contributed by atoms with Gasteiger partial charge in [0.25, 0.3) is 0 Å². The highest BCUT2D eigenvalue weighted by atomic mass is 16.5. The van der Waals surface area contributed by atoms with Crippen LogP contribution in [0.3, 0.4) is 0 Å². The van der Waals surface area contributed by atoms with Crippen LogP contribution >= 0.6 is 0 Å². The first-order chi connectivity index (χ1) is 11.8. The highest BCUT2D eigenvalue weighted by Crippen LogP contribution is 2.07. The monoisotopic (exact) mass is 364 g/mol. The Morgan fingerprint density at radius 3 is 1.84 bits per heavy atom. The fourth-order valence-corrected chi connectivity index (χ4v) is 1.76. The number of hydrogen-bond donors (Lipinski definition) is 4. The topological polar surface area (TPSA) is 141 Å². The number of carboxylic acid groups (broad SMARTS) is 2. The lowest BCUT2D eigenvalue weighted by molar-refractivity contribution is -0.150. The van der Waals surface area contributed by atoms with E-state index in [1.807, 2.05) is 0 Å². The van der Waals surface area contributed by atoms with Crippen LogP contribution < -0.4 is 0 Å². The Bertz CT molecular complexity index is 357. The van der Waals surface area contributed by atoms with E-state index in [4.69, 9.17) is 20.4 Å². The number of aliphatic hydroxyl groups is 2. The molecule has 148 valence electrons. The van der Waals surface area contributed by atoms with Crippen LogP contribution in [0.2, 0.25) is 0 Å². The summed E-state index contributed by atoms with van der Waals surface area (Å²) in [6.45, 7) is 1.39. The zero-order valence-corrected chi connectivity index (χ0v) is 15.0. The van der Waals surface area contributed by atoms with Crippen molar-refractivity contribution in [1.29, 1.82) is 0 Å². The number of aliphatic hydroxyl groups excluding tert-OH is 2. The summed E-state index contributed by atoms with van der Waals surface area (Å²) in [5, 5.41) is 33.6. The molecule has 0 rings (SSSR count). The van der Waals surface area contributed by atoms with Crippen molar-refractivity contribution in [2.45, 2.75) is 77.2 Å². The number of carboxylic acids is 2. The van der Waals surface area contributed by atoms with E-state index in [0.717, 1.165) is 12.8 Å². The van der Waals surface area contributed by atoms with Gasteiger partial charge in [0.1, 0.15) is 12.7 Å². The smallest absolute Gasteiger partial charge is 0.306 e. The molecule has 8 nitrogen and oxygen atoms in total. The molecule has 0 aromatic carbocycles. The van der Waals surface area contributed by atoms with Crippen molar-refractivity contribution in [3.63, 3.8) is 0 Å². The fourth-order valence-electron chi connectivity index (χ4n) is 1.76. The van der Waals surface area contributed by atoms with Crippen LogP contribution in [0.1, 0.15) is 71.1 Å². The summed E-state index contributed by atoms with van der Waals surface area (Å²) in [5.74, 6) is -2.45. The third-order valence-electron chi connectivity index (χ3n) is 3.18. The number of ether oxygens (including phenoxy) is 1. The van der Waals surface area contributed by atoms with Gasteiger partial charge < -0.3 is 25.2 Å². The lowest BCUT2D eigenvalue weighted by Crippen LogP contribution is -2.22. The molecule has 0 aromatic rings. The van der Waals surface area contributed by atoms with Crippen LogP contribution in [-0.2, 0) is 19.1 Å². The average Bonchev–Trinajstić information content (AvgIpc) is 2.57. The van der Waals surface area contributed by atoms with Crippen molar-refractivity contribution >= 4 is 17.9 Å². The van der Waals surface area contributed by atoms with Crippen molar-refractivity contribution in [3.05, 3.63) is 0 Å². The second-order valence-electron chi connectivity index (χ2n) is 5.68. The summed E-state index contributed by atoms with van der Waals surface area (Å²) >= 11 is 0. The lowest BCUT2D eigenvalue weighted by atomic mass is 10.1. The number of unbranched alkanes of at least 4 members (excludes halogenated alkanes) is 6. The number of hydrogen-bond acceptors (Lipinski definition) is 6. The Morgan fingerprint density at radius 1 is 0.840 bits per heavy atom. The molecule has 1 unspecified atom stereocenters. The third-order valence-corrected chi connectivity index (χ3v) is 3.18. The van der Waals surface area contributed by atoms with Gasteiger partial charge in [-0.2, -0.15) is 0 Å². The van der Waals surface area contributed by atoms with Gasteiger partial charge >= 0.3 is 17.9 Å². The minimum atomic E-state index is -1.10. The maximum Gasteiger partial charge on any atom is 0.306 e. The Morgan fingerprint density at radius 2 is 1.36 bits per heavy atom. The average molecular weight is 364 g/mol. The molecule has 0 spiro atoms. The molecule has 0 aromatic heterocycles. The Hall–Kier alpha value is -1.67. The standard InChI is InChI=1S/C10H20O2.C7H12O6/c1-2-3-4-5-6-7-8-9-10(11)12;8-3-5(9)4-13-7(12)2-1-6(10)11/h2-9H2,1H3,(H,11,12);5,8-9H,1-4H2,(H,10,11). The molecule has 0 saturated carbocycles. The molecule has 25 heavy (non-hydrogen) atoms. The first-order valence-electron chi connectivity index (χ1n) is 8.71. The maximum atomic E-state index is 10.7. The summed E-state index contributed by atoms with van der Waals surface area (Å²) in [6.07, 6.45) is 7.01. The van der Waals surface area contributed by atoms with Crippen LogP contribution in [0.5, 0.6) is 0 Å². The van der Waals surface area contributed by atoms with E-state index in [1.54, 1.807) is 0 Å². The summed E-state index contributed by atoms with van der Waals surface area (Å²) < 4.78 is 4.43. The Kier molecular flexibility index (Phi) is 19.1. The minimum Gasteiger partial charge on any atom is -0.481 e. The Labute approximate surface area is 148 Å². The van der Waals surface area contributed by atoms with E-state index in [9.17, 15) is 14.4 Å². The molecular weight excluding hydrogens is 332 g/mol. The second-order valence-corrected chi connectivity index (χ2v) is 5.68. The van der Waals surface area contributed by atoms with Crippen molar-refractivity contribution in [2.24, 2.45) is 0 Å². The molecule has 0 heterocycles. The summed E-state index contributed by atoms with van der Waals surface area (Å²) in [7, 11) is 0. The number of rotatable bonds is 14. The highest BCUT2D eigenvalue weighted by Gasteiger charge is 2.09. The fraction of sp³-hybridized carbons (Fsp3) is 0.824. The molecule has 0 radical (unpaired) electrons. The Balaban J connectivity index is 0. The highest BCUT2D eigenvalue weighted by molar-refractivity contribution is 5.76. The van der Waals surface area contributed by atoms with Gasteiger partial charge in [-0.15, -0.1) is 0 Å². The molecule has 8 heteroatoms.